The standard InChI is InChI=1S/C47H44N4O7/c1-27-6-9-32(10-7-27)24-29(3)41(52)25-33-11-13-34(14-12-33)42(53)26-36(22-23-48)46(57)49-37-17-15-35(16-18-37)45(56)50-40-21-19-38(44(55)31(40)5)47(58)51-39-20-8-28(2)43(54)30(39)4/h6-21,24,36,54-55H,22,25-26H2,1-5H3,(H,49,57)(H,50,56)(H,51,58)/b29-24+. The highest BCUT2D eigenvalue weighted by Gasteiger charge is 2.24. The average Bonchev–Trinajstić information content (AvgIpc) is 3.21. The van der Waals surface area contributed by atoms with Crippen LogP contribution in [-0.2, 0) is 16.0 Å². The summed E-state index contributed by atoms with van der Waals surface area (Å²) in [5.74, 6) is -3.21. The molecule has 0 aliphatic carbocycles. The number of Topliss-reactive ketones (excluding diaryl/α,β-unsaturated/α-hetero) is 2. The number of phenols is 2. The summed E-state index contributed by atoms with van der Waals surface area (Å²) in [4.78, 5) is 65.3. The third-order valence-electron chi connectivity index (χ3n) is 9.90. The van der Waals surface area contributed by atoms with Gasteiger partial charge in [-0.2, -0.15) is 5.26 Å². The summed E-state index contributed by atoms with van der Waals surface area (Å²) < 4.78 is 0. The van der Waals surface area contributed by atoms with E-state index in [9.17, 15) is 39.4 Å². The van der Waals surface area contributed by atoms with E-state index < -0.39 is 23.6 Å². The van der Waals surface area contributed by atoms with E-state index in [-0.39, 0.29) is 64.7 Å². The molecule has 5 N–H and O–H groups in total. The third kappa shape index (κ3) is 10.3. The highest BCUT2D eigenvalue weighted by molar-refractivity contribution is 6.09. The SMILES string of the molecule is C/C(=C\c1ccc(C)cc1)C(=O)Cc1ccc(C(=O)CC(CC#N)C(=O)Nc2ccc(C(=O)Nc3ccc(C(=O)Nc4ccc(C)c(O)c4C)c(O)c3C)cc2)cc1. The maximum Gasteiger partial charge on any atom is 0.259 e. The molecule has 11 heteroatoms. The highest BCUT2D eigenvalue weighted by atomic mass is 16.3. The number of rotatable bonds is 14. The first kappa shape index (κ1) is 41.8. The first-order chi connectivity index (χ1) is 27.6. The summed E-state index contributed by atoms with van der Waals surface area (Å²) in [6.45, 7) is 8.73. The zero-order chi connectivity index (χ0) is 42.1. The Balaban J connectivity index is 1.16. The topological polar surface area (TPSA) is 186 Å². The molecule has 0 heterocycles. The molecule has 0 aliphatic heterocycles. The molecule has 58 heavy (non-hydrogen) atoms. The summed E-state index contributed by atoms with van der Waals surface area (Å²) in [6.07, 6.45) is 1.60. The molecule has 11 nitrogen and oxygen atoms in total. The summed E-state index contributed by atoms with van der Waals surface area (Å²) in [5, 5.41) is 38.6. The second-order valence-corrected chi connectivity index (χ2v) is 14.2. The van der Waals surface area contributed by atoms with Crippen LogP contribution < -0.4 is 16.0 Å². The largest absolute Gasteiger partial charge is 0.507 e. The van der Waals surface area contributed by atoms with Gasteiger partial charge >= 0.3 is 0 Å². The number of nitriles is 1. The number of amides is 3. The minimum atomic E-state index is -0.940. The lowest BCUT2D eigenvalue weighted by atomic mass is 9.94. The number of aryl methyl sites for hydroxylation is 2. The van der Waals surface area contributed by atoms with Crippen LogP contribution in [0.15, 0.2) is 103 Å². The van der Waals surface area contributed by atoms with Gasteiger partial charge in [0.2, 0.25) is 5.91 Å². The molecule has 0 spiro atoms. The number of hydrogen-bond acceptors (Lipinski definition) is 8. The quantitative estimate of drug-likeness (QED) is 0.0547. The predicted octanol–water partition coefficient (Wildman–Crippen LogP) is 8.79. The van der Waals surface area contributed by atoms with Gasteiger partial charge in [-0.25, -0.2) is 0 Å². The van der Waals surface area contributed by atoms with Crippen molar-refractivity contribution in [2.45, 2.75) is 53.9 Å². The number of anilines is 3. The molecule has 0 aromatic heterocycles. The molecule has 0 bridgehead atoms. The van der Waals surface area contributed by atoms with Crippen molar-refractivity contribution in [2.75, 3.05) is 16.0 Å². The van der Waals surface area contributed by atoms with Crippen molar-refractivity contribution in [1.82, 2.24) is 0 Å². The van der Waals surface area contributed by atoms with Crippen LogP contribution in [0.2, 0.25) is 0 Å². The second kappa shape index (κ2) is 18.5. The van der Waals surface area contributed by atoms with E-state index in [1.807, 2.05) is 43.3 Å². The van der Waals surface area contributed by atoms with Gasteiger partial charge in [-0.1, -0.05) is 60.2 Å². The number of carbonyl (C=O) groups excluding carboxylic acids is 5. The fraction of sp³-hybridized carbons (Fsp3) is 0.191. The molecule has 0 saturated heterocycles. The first-order valence-electron chi connectivity index (χ1n) is 18.6. The monoisotopic (exact) mass is 776 g/mol. The van der Waals surface area contributed by atoms with Crippen LogP contribution in [0, 0.1) is 44.9 Å². The number of nitrogens with zero attached hydrogens (tertiary/aromatic N) is 1. The highest BCUT2D eigenvalue weighted by Crippen LogP contribution is 2.32. The number of ketones is 2. The molecular formula is C47H44N4O7. The maximum absolute atomic E-state index is 13.2. The summed E-state index contributed by atoms with van der Waals surface area (Å²) in [7, 11) is 0. The number of benzene rings is 5. The van der Waals surface area contributed by atoms with Gasteiger partial charge in [-0.3, -0.25) is 24.0 Å². The molecule has 0 radical (unpaired) electrons. The second-order valence-electron chi connectivity index (χ2n) is 14.2. The minimum absolute atomic E-state index is 0.0225. The number of phenolic OH excluding ortho intramolecular Hbond substituents is 2. The maximum atomic E-state index is 13.2. The molecule has 1 unspecified atom stereocenters. The summed E-state index contributed by atoms with van der Waals surface area (Å²) in [6, 6.07) is 28.7. The Bertz CT molecular complexity index is 2460. The van der Waals surface area contributed by atoms with Gasteiger partial charge in [-0.05, 0) is 105 Å². The van der Waals surface area contributed by atoms with Gasteiger partial charge < -0.3 is 26.2 Å². The van der Waals surface area contributed by atoms with Gasteiger partial charge in [-0.15, -0.1) is 0 Å². The van der Waals surface area contributed by atoms with Crippen LogP contribution in [0.1, 0.15) is 84.2 Å². The van der Waals surface area contributed by atoms with E-state index in [2.05, 4.69) is 16.0 Å². The summed E-state index contributed by atoms with van der Waals surface area (Å²) >= 11 is 0. The van der Waals surface area contributed by atoms with E-state index in [1.165, 1.54) is 36.4 Å². The van der Waals surface area contributed by atoms with Crippen molar-refractivity contribution in [2.24, 2.45) is 5.92 Å². The third-order valence-corrected chi connectivity index (χ3v) is 9.90. The van der Waals surface area contributed by atoms with Crippen LogP contribution in [0.5, 0.6) is 11.5 Å². The number of nitrogens with one attached hydrogen (secondary N) is 3. The zero-order valence-electron chi connectivity index (χ0n) is 32.9. The Hall–Kier alpha value is -7.32. The van der Waals surface area contributed by atoms with E-state index in [4.69, 9.17) is 0 Å². The lowest BCUT2D eigenvalue weighted by molar-refractivity contribution is -0.119. The lowest BCUT2D eigenvalue weighted by Gasteiger charge is -2.15. The van der Waals surface area contributed by atoms with E-state index >= 15 is 0 Å². The molecule has 5 aromatic carbocycles. The number of carbonyl (C=O) groups is 5. The zero-order valence-corrected chi connectivity index (χ0v) is 32.9. The van der Waals surface area contributed by atoms with E-state index in [1.54, 1.807) is 64.1 Å². The Morgan fingerprint density at radius 1 is 0.690 bits per heavy atom. The van der Waals surface area contributed by atoms with Crippen LogP contribution in [-0.4, -0.2) is 39.5 Å². The normalized spacial score (nSPS) is 11.6. The Morgan fingerprint density at radius 3 is 1.91 bits per heavy atom. The Labute approximate surface area is 337 Å². The molecule has 3 amide bonds. The number of aromatic hydroxyl groups is 2. The molecular weight excluding hydrogens is 733 g/mol. The molecule has 5 aromatic rings. The molecule has 294 valence electrons. The van der Waals surface area contributed by atoms with Gasteiger partial charge in [0, 0.05) is 58.6 Å². The van der Waals surface area contributed by atoms with Gasteiger partial charge in [0.15, 0.2) is 11.6 Å². The first-order valence-corrected chi connectivity index (χ1v) is 18.6. The fourth-order valence-electron chi connectivity index (χ4n) is 6.16. The van der Waals surface area contributed by atoms with Gasteiger partial charge in [0.1, 0.15) is 11.5 Å². The van der Waals surface area contributed by atoms with Crippen molar-refractivity contribution < 1.29 is 34.2 Å². The van der Waals surface area contributed by atoms with Crippen molar-refractivity contribution in [3.05, 3.63) is 153 Å². The van der Waals surface area contributed by atoms with Crippen molar-refractivity contribution >= 4 is 52.4 Å². The van der Waals surface area contributed by atoms with E-state index in [0.717, 1.165) is 16.7 Å². The van der Waals surface area contributed by atoms with Crippen LogP contribution in [0.25, 0.3) is 6.08 Å². The molecule has 0 saturated carbocycles. The molecule has 5 rings (SSSR count). The van der Waals surface area contributed by atoms with Crippen LogP contribution in [0.4, 0.5) is 17.1 Å². The summed E-state index contributed by atoms with van der Waals surface area (Å²) in [5.41, 5.74) is 6.41. The van der Waals surface area contributed by atoms with Crippen molar-refractivity contribution in [1.29, 1.82) is 5.26 Å². The van der Waals surface area contributed by atoms with Crippen LogP contribution >= 0.6 is 0 Å². The van der Waals surface area contributed by atoms with Crippen LogP contribution in [0.3, 0.4) is 0 Å². The van der Waals surface area contributed by atoms with Gasteiger partial charge in [0.05, 0.1) is 17.6 Å². The minimum Gasteiger partial charge on any atom is -0.507 e. The van der Waals surface area contributed by atoms with Crippen molar-refractivity contribution in [3.8, 4) is 17.6 Å². The molecule has 0 aliphatic rings. The Kier molecular flexibility index (Phi) is 13.4. The van der Waals surface area contributed by atoms with E-state index in [0.29, 0.717) is 33.6 Å². The average molecular weight is 777 g/mol. The van der Waals surface area contributed by atoms with Gasteiger partial charge in [0.25, 0.3) is 11.8 Å². The molecule has 0 fully saturated rings. The Morgan fingerprint density at radius 2 is 1.28 bits per heavy atom. The number of allylic oxidation sites excluding steroid dienone is 1. The smallest absolute Gasteiger partial charge is 0.259 e. The predicted molar refractivity (Wildman–Crippen MR) is 224 cm³/mol. The molecule has 1 atom stereocenters. The van der Waals surface area contributed by atoms with Crippen molar-refractivity contribution in [3.63, 3.8) is 0 Å². The number of hydrogen-bond donors (Lipinski definition) is 5. The lowest BCUT2D eigenvalue weighted by Crippen LogP contribution is -2.25. The fourth-order valence-corrected chi connectivity index (χ4v) is 6.16.